The lowest BCUT2D eigenvalue weighted by molar-refractivity contribution is 0.570. The van der Waals surface area contributed by atoms with Gasteiger partial charge in [0.05, 0.1) is 0 Å². The molecule has 15 heavy (non-hydrogen) atoms. The zero-order chi connectivity index (χ0) is 10.8. The van der Waals surface area contributed by atoms with E-state index in [9.17, 15) is 0 Å². The largest absolute Gasteiger partial charge is 0.345 e. The van der Waals surface area contributed by atoms with Crippen LogP contribution in [0.4, 0.5) is 5.13 Å². The normalized spacial score (nSPS) is 16.0. The first-order valence-electron chi connectivity index (χ1n) is 5.54. The van der Waals surface area contributed by atoms with Gasteiger partial charge in [-0.15, -0.1) is 11.3 Å². The zero-order valence-corrected chi connectivity index (χ0v) is 10.8. The van der Waals surface area contributed by atoms with E-state index in [0.717, 1.165) is 23.6 Å². The Balaban J connectivity index is 1.99. The van der Waals surface area contributed by atoms with Crippen LogP contribution in [0.25, 0.3) is 0 Å². The van der Waals surface area contributed by atoms with Gasteiger partial charge in [0.25, 0.3) is 0 Å². The molecule has 0 aromatic carbocycles. The lowest BCUT2D eigenvalue weighted by Gasteiger charge is -2.22. The molecule has 1 fully saturated rings. The molecule has 0 amide bonds. The van der Waals surface area contributed by atoms with Crippen LogP contribution in [0.3, 0.4) is 0 Å². The highest BCUT2D eigenvalue weighted by Crippen LogP contribution is 2.34. The molecule has 0 radical (unpaired) electrons. The molecule has 2 rings (SSSR count). The minimum Gasteiger partial charge on any atom is -0.345 e. The molecule has 0 N–H and O–H groups in total. The van der Waals surface area contributed by atoms with E-state index >= 15 is 0 Å². The van der Waals surface area contributed by atoms with Gasteiger partial charge in [-0.05, 0) is 25.2 Å². The van der Waals surface area contributed by atoms with Crippen LogP contribution >= 0.6 is 22.9 Å². The lowest BCUT2D eigenvalue weighted by atomic mass is 10.1. The van der Waals surface area contributed by atoms with Crippen molar-refractivity contribution < 1.29 is 0 Å². The first-order valence-corrected chi connectivity index (χ1v) is 6.80. The van der Waals surface area contributed by atoms with Crippen molar-refractivity contribution in [3.8, 4) is 0 Å². The van der Waals surface area contributed by atoms with Gasteiger partial charge in [-0.2, -0.15) is 0 Å². The van der Waals surface area contributed by atoms with E-state index in [1.807, 2.05) is 5.38 Å². The fraction of sp³-hybridized carbons (Fsp3) is 0.727. The predicted molar refractivity (Wildman–Crippen MR) is 66.9 cm³/mol. The molecule has 1 aromatic rings. The lowest BCUT2D eigenvalue weighted by Crippen LogP contribution is -2.27. The number of thiazole rings is 1. The molecule has 4 heteroatoms. The SMILES string of the molecule is CC(C)CCN(c1nc(Cl)cs1)C1CC1. The average molecular weight is 245 g/mol. The van der Waals surface area contributed by atoms with Crippen molar-refractivity contribution >= 4 is 28.1 Å². The van der Waals surface area contributed by atoms with E-state index in [1.54, 1.807) is 11.3 Å². The maximum Gasteiger partial charge on any atom is 0.186 e. The number of rotatable bonds is 5. The number of nitrogens with zero attached hydrogens (tertiary/aromatic N) is 2. The molecule has 2 nitrogen and oxygen atoms in total. The van der Waals surface area contributed by atoms with Gasteiger partial charge < -0.3 is 4.90 Å². The van der Waals surface area contributed by atoms with Gasteiger partial charge in [0.1, 0.15) is 5.15 Å². The molecular weight excluding hydrogens is 228 g/mol. The Hall–Kier alpha value is -0.280. The Labute approximate surface area is 100 Å². The number of aromatic nitrogens is 1. The summed E-state index contributed by atoms with van der Waals surface area (Å²) in [6.07, 6.45) is 3.86. The minimum atomic E-state index is 0.630. The maximum atomic E-state index is 5.86. The summed E-state index contributed by atoms with van der Waals surface area (Å²) < 4.78 is 0. The predicted octanol–water partition coefficient (Wildman–Crippen LogP) is 3.81. The summed E-state index contributed by atoms with van der Waals surface area (Å²) in [5.41, 5.74) is 0. The Morgan fingerprint density at radius 2 is 2.33 bits per heavy atom. The second-order valence-corrected chi connectivity index (χ2v) is 5.78. The van der Waals surface area contributed by atoms with Crippen LogP contribution in [-0.4, -0.2) is 17.6 Å². The highest BCUT2D eigenvalue weighted by atomic mass is 35.5. The molecule has 1 aliphatic carbocycles. The van der Waals surface area contributed by atoms with Gasteiger partial charge in [0, 0.05) is 18.0 Å². The summed E-state index contributed by atoms with van der Waals surface area (Å²) in [6.45, 7) is 5.64. The molecule has 0 saturated heterocycles. The molecule has 0 bridgehead atoms. The van der Waals surface area contributed by atoms with Crippen LogP contribution in [0.5, 0.6) is 0 Å². The van der Waals surface area contributed by atoms with Gasteiger partial charge in [0.15, 0.2) is 5.13 Å². The minimum absolute atomic E-state index is 0.630. The van der Waals surface area contributed by atoms with Crippen LogP contribution in [-0.2, 0) is 0 Å². The molecule has 0 aliphatic heterocycles. The van der Waals surface area contributed by atoms with Crippen molar-refractivity contribution in [3.63, 3.8) is 0 Å². The molecule has 1 heterocycles. The third kappa shape index (κ3) is 3.08. The van der Waals surface area contributed by atoms with E-state index in [0.29, 0.717) is 5.15 Å². The van der Waals surface area contributed by atoms with E-state index in [-0.39, 0.29) is 0 Å². The van der Waals surface area contributed by atoms with Crippen molar-refractivity contribution in [2.75, 3.05) is 11.4 Å². The van der Waals surface area contributed by atoms with Crippen molar-refractivity contribution in [3.05, 3.63) is 10.5 Å². The number of anilines is 1. The van der Waals surface area contributed by atoms with Gasteiger partial charge in [-0.3, -0.25) is 0 Å². The van der Waals surface area contributed by atoms with Crippen LogP contribution in [0, 0.1) is 5.92 Å². The highest BCUT2D eigenvalue weighted by molar-refractivity contribution is 7.14. The fourth-order valence-electron chi connectivity index (χ4n) is 1.60. The quantitative estimate of drug-likeness (QED) is 0.783. The van der Waals surface area contributed by atoms with E-state index in [1.165, 1.54) is 19.3 Å². The molecule has 0 spiro atoms. The molecular formula is C11H17ClN2S. The van der Waals surface area contributed by atoms with Crippen molar-refractivity contribution in [1.82, 2.24) is 4.98 Å². The highest BCUT2D eigenvalue weighted by Gasteiger charge is 2.30. The summed E-state index contributed by atoms with van der Waals surface area (Å²) in [7, 11) is 0. The summed E-state index contributed by atoms with van der Waals surface area (Å²) in [4.78, 5) is 6.79. The van der Waals surface area contributed by atoms with Gasteiger partial charge in [0.2, 0.25) is 0 Å². The van der Waals surface area contributed by atoms with Gasteiger partial charge >= 0.3 is 0 Å². The number of hydrogen-bond acceptors (Lipinski definition) is 3. The summed E-state index contributed by atoms with van der Waals surface area (Å²) in [5.74, 6) is 0.752. The van der Waals surface area contributed by atoms with Crippen molar-refractivity contribution in [2.24, 2.45) is 5.92 Å². The second kappa shape index (κ2) is 4.71. The van der Waals surface area contributed by atoms with Gasteiger partial charge in [-0.1, -0.05) is 25.4 Å². The summed E-state index contributed by atoms with van der Waals surface area (Å²) >= 11 is 7.53. The van der Waals surface area contributed by atoms with E-state index in [2.05, 4.69) is 23.7 Å². The molecule has 84 valence electrons. The van der Waals surface area contributed by atoms with Crippen molar-refractivity contribution in [1.29, 1.82) is 0 Å². The molecule has 0 atom stereocenters. The average Bonchev–Trinajstić information content (AvgIpc) is 2.90. The third-order valence-electron chi connectivity index (χ3n) is 2.64. The number of hydrogen-bond donors (Lipinski definition) is 0. The third-order valence-corrected chi connectivity index (χ3v) is 3.85. The van der Waals surface area contributed by atoms with Crippen LogP contribution in [0.15, 0.2) is 5.38 Å². The molecule has 1 saturated carbocycles. The van der Waals surface area contributed by atoms with Crippen LogP contribution < -0.4 is 4.90 Å². The summed E-state index contributed by atoms with van der Waals surface area (Å²) in [6, 6.07) is 0.728. The topological polar surface area (TPSA) is 16.1 Å². The molecule has 0 unspecified atom stereocenters. The fourth-order valence-corrected chi connectivity index (χ4v) is 2.64. The Morgan fingerprint density at radius 1 is 1.60 bits per heavy atom. The first-order chi connectivity index (χ1) is 7.16. The Morgan fingerprint density at radius 3 is 2.80 bits per heavy atom. The number of halogens is 1. The van der Waals surface area contributed by atoms with E-state index < -0.39 is 0 Å². The zero-order valence-electron chi connectivity index (χ0n) is 9.24. The smallest absolute Gasteiger partial charge is 0.186 e. The molecule has 1 aliphatic rings. The maximum absolute atomic E-state index is 5.86. The summed E-state index contributed by atoms with van der Waals surface area (Å²) in [5, 5.41) is 3.65. The standard InChI is InChI=1S/C11H17ClN2S/c1-8(2)5-6-14(9-3-4-9)11-13-10(12)7-15-11/h7-9H,3-6H2,1-2H3. The first kappa shape index (κ1) is 11.2. The monoisotopic (exact) mass is 244 g/mol. The van der Waals surface area contributed by atoms with Gasteiger partial charge in [-0.25, -0.2) is 4.98 Å². The van der Waals surface area contributed by atoms with Crippen molar-refractivity contribution in [2.45, 2.75) is 39.2 Å². The van der Waals surface area contributed by atoms with Crippen LogP contribution in [0.1, 0.15) is 33.1 Å². The Bertz CT molecular complexity index is 320. The molecule has 1 aromatic heterocycles. The second-order valence-electron chi connectivity index (χ2n) is 4.56. The Kier molecular flexibility index (Phi) is 3.52. The van der Waals surface area contributed by atoms with E-state index in [4.69, 9.17) is 11.6 Å². The van der Waals surface area contributed by atoms with Crippen LogP contribution in [0.2, 0.25) is 5.15 Å².